The van der Waals surface area contributed by atoms with E-state index >= 15 is 0 Å². The number of carbonyl (C=O) groups is 1. The molecule has 0 unspecified atom stereocenters. The van der Waals surface area contributed by atoms with Gasteiger partial charge in [-0.25, -0.2) is 0 Å². The van der Waals surface area contributed by atoms with Crippen LogP contribution in [-0.4, -0.2) is 23.2 Å². The molecule has 0 saturated carbocycles. The van der Waals surface area contributed by atoms with Crippen LogP contribution in [0.2, 0.25) is 5.02 Å². The van der Waals surface area contributed by atoms with Crippen molar-refractivity contribution in [2.75, 3.05) is 7.11 Å². The van der Waals surface area contributed by atoms with Crippen molar-refractivity contribution in [3.8, 4) is 5.75 Å². The predicted octanol–water partition coefficient (Wildman–Crippen LogP) is 2.83. The molecule has 0 saturated heterocycles. The topological polar surface area (TPSA) is 59.4 Å². The smallest absolute Gasteiger partial charge is 0.307 e. The molecule has 1 heterocycles. The normalized spacial score (nSPS) is 10.6. The Kier molecular flexibility index (Phi) is 3.39. The van der Waals surface area contributed by atoms with Crippen molar-refractivity contribution in [2.45, 2.75) is 13.3 Å². The van der Waals surface area contributed by atoms with Gasteiger partial charge in [0.2, 0.25) is 0 Å². The number of aliphatic carboxylic acids is 1. The molecule has 5 heteroatoms. The lowest BCUT2D eigenvalue weighted by molar-refractivity contribution is -0.136. The van der Waals surface area contributed by atoms with Gasteiger partial charge in [-0.1, -0.05) is 11.6 Å². The molecule has 0 radical (unpaired) electrons. The van der Waals surface area contributed by atoms with E-state index in [1.54, 1.807) is 25.3 Å². The zero-order chi connectivity index (χ0) is 13.3. The van der Waals surface area contributed by atoms with Crippen LogP contribution in [-0.2, 0) is 11.2 Å². The number of methoxy groups -OCH3 is 1. The summed E-state index contributed by atoms with van der Waals surface area (Å²) in [6.07, 6.45) is -0.114. The number of rotatable bonds is 3. The summed E-state index contributed by atoms with van der Waals surface area (Å²) in [5.41, 5.74) is 1.99. The Morgan fingerprint density at radius 3 is 2.78 bits per heavy atom. The van der Waals surface area contributed by atoms with Crippen molar-refractivity contribution >= 4 is 28.5 Å². The second-order valence-corrected chi connectivity index (χ2v) is 4.43. The number of pyridine rings is 1. The molecular formula is C13H12ClNO3. The van der Waals surface area contributed by atoms with Crippen molar-refractivity contribution < 1.29 is 14.6 Å². The third-order valence-corrected chi connectivity index (χ3v) is 2.83. The lowest BCUT2D eigenvalue weighted by Gasteiger charge is -2.10. The highest BCUT2D eigenvalue weighted by molar-refractivity contribution is 6.31. The first kappa shape index (κ1) is 12.6. The Balaban J connectivity index is 2.77. The molecule has 1 aromatic heterocycles. The number of benzene rings is 1. The van der Waals surface area contributed by atoms with E-state index < -0.39 is 5.97 Å². The molecule has 0 fully saturated rings. The summed E-state index contributed by atoms with van der Waals surface area (Å²) in [7, 11) is 1.56. The fourth-order valence-corrected chi connectivity index (χ4v) is 2.16. The van der Waals surface area contributed by atoms with E-state index in [1.807, 2.05) is 6.92 Å². The first-order valence-corrected chi connectivity index (χ1v) is 5.74. The van der Waals surface area contributed by atoms with Gasteiger partial charge in [-0.2, -0.15) is 0 Å². The molecule has 0 amide bonds. The Morgan fingerprint density at radius 2 is 2.17 bits per heavy atom. The zero-order valence-corrected chi connectivity index (χ0v) is 10.8. The van der Waals surface area contributed by atoms with Gasteiger partial charge in [0.25, 0.3) is 0 Å². The summed E-state index contributed by atoms with van der Waals surface area (Å²) in [6.45, 7) is 1.83. The fourth-order valence-electron chi connectivity index (χ4n) is 1.92. The summed E-state index contributed by atoms with van der Waals surface area (Å²) in [5.74, 6) is -0.271. The van der Waals surface area contributed by atoms with E-state index in [1.165, 1.54) is 0 Å². The van der Waals surface area contributed by atoms with Crippen LogP contribution in [0.4, 0.5) is 0 Å². The number of carboxylic acid groups (broad SMARTS) is 1. The molecule has 1 aromatic carbocycles. The van der Waals surface area contributed by atoms with E-state index in [-0.39, 0.29) is 6.42 Å². The lowest BCUT2D eigenvalue weighted by atomic mass is 10.1. The van der Waals surface area contributed by atoms with E-state index in [0.717, 1.165) is 11.1 Å². The van der Waals surface area contributed by atoms with Gasteiger partial charge >= 0.3 is 5.97 Å². The van der Waals surface area contributed by atoms with Crippen LogP contribution >= 0.6 is 11.6 Å². The van der Waals surface area contributed by atoms with E-state index in [0.29, 0.717) is 21.9 Å². The van der Waals surface area contributed by atoms with Crippen molar-refractivity contribution in [3.63, 3.8) is 0 Å². The van der Waals surface area contributed by atoms with E-state index in [9.17, 15) is 4.79 Å². The maximum absolute atomic E-state index is 10.9. The van der Waals surface area contributed by atoms with Crippen LogP contribution in [0.3, 0.4) is 0 Å². The van der Waals surface area contributed by atoms with Crippen molar-refractivity contribution in [3.05, 3.63) is 34.5 Å². The SMILES string of the molecule is COc1cc(C)nc2c(CC(=O)O)cc(Cl)cc12. The molecule has 2 rings (SSSR count). The maximum atomic E-state index is 10.9. The molecule has 4 nitrogen and oxygen atoms in total. The van der Waals surface area contributed by atoms with E-state index in [2.05, 4.69) is 4.98 Å². The number of halogens is 1. The highest BCUT2D eigenvalue weighted by Crippen LogP contribution is 2.30. The molecule has 94 valence electrons. The third kappa shape index (κ3) is 2.38. The number of aryl methyl sites for hydroxylation is 1. The van der Waals surface area contributed by atoms with Crippen molar-refractivity contribution in [2.24, 2.45) is 0 Å². The first-order chi connectivity index (χ1) is 8.51. The second kappa shape index (κ2) is 4.82. The van der Waals surface area contributed by atoms with Crippen LogP contribution in [0.5, 0.6) is 5.75 Å². The van der Waals surface area contributed by atoms with Crippen LogP contribution < -0.4 is 4.74 Å². The molecule has 1 N–H and O–H groups in total. The zero-order valence-electron chi connectivity index (χ0n) is 10.0. The Bertz CT molecular complexity index is 625. The molecule has 0 spiro atoms. The Hall–Kier alpha value is -1.81. The van der Waals surface area contributed by atoms with Gasteiger partial charge in [0, 0.05) is 22.2 Å². The minimum atomic E-state index is -0.916. The van der Waals surface area contributed by atoms with Gasteiger partial charge < -0.3 is 9.84 Å². The number of fused-ring (bicyclic) bond motifs is 1. The van der Waals surface area contributed by atoms with Crippen LogP contribution in [0.15, 0.2) is 18.2 Å². The quantitative estimate of drug-likeness (QED) is 0.927. The second-order valence-electron chi connectivity index (χ2n) is 4.00. The molecule has 0 aliphatic carbocycles. The molecule has 0 atom stereocenters. The largest absolute Gasteiger partial charge is 0.496 e. The highest BCUT2D eigenvalue weighted by atomic mass is 35.5. The average molecular weight is 266 g/mol. The van der Waals surface area contributed by atoms with E-state index in [4.69, 9.17) is 21.4 Å². The van der Waals surface area contributed by atoms with Crippen LogP contribution in [0.1, 0.15) is 11.3 Å². The molecule has 0 aliphatic heterocycles. The minimum Gasteiger partial charge on any atom is -0.496 e. The van der Waals surface area contributed by atoms with Gasteiger partial charge in [0.1, 0.15) is 5.75 Å². The molecule has 18 heavy (non-hydrogen) atoms. The Morgan fingerprint density at radius 1 is 1.44 bits per heavy atom. The van der Waals surface area contributed by atoms with Gasteiger partial charge in [0.15, 0.2) is 0 Å². The molecule has 0 aliphatic rings. The van der Waals surface area contributed by atoms with Gasteiger partial charge in [0.05, 0.1) is 19.0 Å². The number of carboxylic acids is 1. The predicted molar refractivity (Wildman–Crippen MR) is 69.4 cm³/mol. The number of ether oxygens (including phenoxy) is 1. The monoisotopic (exact) mass is 265 g/mol. The number of hydrogen-bond donors (Lipinski definition) is 1. The van der Waals surface area contributed by atoms with Gasteiger partial charge in [-0.05, 0) is 24.6 Å². The third-order valence-electron chi connectivity index (χ3n) is 2.61. The summed E-state index contributed by atoms with van der Waals surface area (Å²) in [6, 6.07) is 5.15. The number of nitrogens with zero attached hydrogens (tertiary/aromatic N) is 1. The summed E-state index contributed by atoms with van der Waals surface area (Å²) in [4.78, 5) is 15.2. The fraction of sp³-hybridized carbons (Fsp3) is 0.231. The number of aromatic nitrogens is 1. The highest BCUT2D eigenvalue weighted by Gasteiger charge is 2.12. The molecular weight excluding hydrogens is 254 g/mol. The van der Waals surface area contributed by atoms with Gasteiger partial charge in [-0.15, -0.1) is 0 Å². The lowest BCUT2D eigenvalue weighted by Crippen LogP contribution is -2.02. The minimum absolute atomic E-state index is 0.114. The average Bonchev–Trinajstić information content (AvgIpc) is 2.28. The Labute approximate surface area is 109 Å². The van der Waals surface area contributed by atoms with Gasteiger partial charge in [-0.3, -0.25) is 9.78 Å². The van der Waals surface area contributed by atoms with Crippen molar-refractivity contribution in [1.29, 1.82) is 0 Å². The molecule has 2 aromatic rings. The standard InChI is InChI=1S/C13H12ClNO3/c1-7-3-11(18-2)10-6-9(14)4-8(5-12(16)17)13(10)15-7/h3-4,6H,5H2,1-2H3,(H,16,17). The maximum Gasteiger partial charge on any atom is 0.307 e. The number of hydrogen-bond acceptors (Lipinski definition) is 3. The summed E-state index contributed by atoms with van der Waals surface area (Å²) in [5, 5.41) is 10.1. The van der Waals surface area contributed by atoms with Crippen molar-refractivity contribution in [1.82, 2.24) is 4.98 Å². The first-order valence-electron chi connectivity index (χ1n) is 5.37. The summed E-state index contributed by atoms with van der Waals surface area (Å²) >= 11 is 6.00. The summed E-state index contributed by atoms with van der Waals surface area (Å²) < 4.78 is 5.28. The van der Waals surface area contributed by atoms with Crippen LogP contribution in [0.25, 0.3) is 10.9 Å². The molecule has 0 bridgehead atoms. The van der Waals surface area contributed by atoms with Crippen LogP contribution in [0, 0.1) is 6.92 Å².